The zero-order chi connectivity index (χ0) is 15.8. The van der Waals surface area contributed by atoms with Gasteiger partial charge in [0.2, 0.25) is 0 Å². The van der Waals surface area contributed by atoms with E-state index in [-0.39, 0.29) is 0 Å². The maximum Gasteiger partial charge on any atom is 0.358 e. The van der Waals surface area contributed by atoms with Crippen LogP contribution in [0.2, 0.25) is 0 Å². The molecular weight excluding hydrogens is 286 g/mol. The molecule has 4 rings (SSSR count). The Balaban J connectivity index is 1.75. The normalized spacial score (nSPS) is 15.2. The van der Waals surface area contributed by atoms with Gasteiger partial charge < -0.3 is 5.11 Å². The monoisotopic (exact) mass is 308 g/mol. The van der Waals surface area contributed by atoms with Crippen molar-refractivity contribution in [2.75, 3.05) is 11.9 Å². The molecule has 23 heavy (non-hydrogen) atoms. The van der Waals surface area contributed by atoms with Crippen molar-refractivity contribution in [2.24, 2.45) is 0 Å². The van der Waals surface area contributed by atoms with E-state index >= 15 is 0 Å². The Kier molecular flexibility index (Phi) is 3.54. The number of aromatic nitrogens is 2. The molecule has 0 amide bonds. The summed E-state index contributed by atoms with van der Waals surface area (Å²) in [6.45, 7) is 4.62. The molecule has 4 heteroatoms. The summed E-state index contributed by atoms with van der Waals surface area (Å²) in [5.74, 6) is 1.10. The minimum Gasteiger partial charge on any atom is -0.385 e. The highest BCUT2D eigenvalue weighted by molar-refractivity contribution is 5.74. The molecule has 3 aromatic rings. The average molecular weight is 308 g/mol. The van der Waals surface area contributed by atoms with Gasteiger partial charge in [0.25, 0.3) is 0 Å². The number of nitrogens with zero attached hydrogens (tertiary/aromatic N) is 2. The van der Waals surface area contributed by atoms with E-state index < -0.39 is 6.10 Å². The molecule has 1 atom stereocenters. The van der Waals surface area contributed by atoms with Gasteiger partial charge in [0.1, 0.15) is 23.7 Å². The number of para-hydroxylation sites is 2. The Hall–Kier alpha value is -2.33. The first-order chi connectivity index (χ1) is 11.2. The fourth-order valence-corrected chi connectivity index (χ4v) is 3.40. The number of rotatable bonds is 3. The molecular formula is C19H22N3O+. The lowest BCUT2D eigenvalue weighted by Crippen LogP contribution is -2.42. The van der Waals surface area contributed by atoms with Gasteiger partial charge in [-0.25, -0.2) is 9.13 Å². The molecule has 1 aliphatic rings. The fraction of sp³-hybridized carbons (Fsp3) is 0.316. The van der Waals surface area contributed by atoms with Crippen molar-refractivity contribution >= 4 is 17.0 Å². The lowest BCUT2D eigenvalue weighted by molar-refractivity contribution is -0.661. The van der Waals surface area contributed by atoms with Crippen molar-refractivity contribution in [3.8, 4) is 0 Å². The topological polar surface area (TPSA) is 41.1 Å². The molecule has 0 unspecified atom stereocenters. The lowest BCUT2D eigenvalue weighted by Gasteiger charge is -2.14. The zero-order valence-electron chi connectivity index (χ0n) is 13.4. The first-order valence-corrected chi connectivity index (χ1v) is 8.23. The second-order valence-corrected chi connectivity index (χ2v) is 6.28. The van der Waals surface area contributed by atoms with Gasteiger partial charge in [-0.15, -0.1) is 0 Å². The van der Waals surface area contributed by atoms with Gasteiger partial charge in [-0.1, -0.05) is 42.0 Å². The molecule has 2 heterocycles. The smallest absolute Gasteiger partial charge is 0.358 e. The summed E-state index contributed by atoms with van der Waals surface area (Å²) in [5.41, 5.74) is 4.57. The van der Waals surface area contributed by atoms with Gasteiger partial charge in [0.15, 0.2) is 0 Å². The Morgan fingerprint density at radius 1 is 1.17 bits per heavy atom. The van der Waals surface area contributed by atoms with E-state index in [1.807, 2.05) is 12.1 Å². The Morgan fingerprint density at radius 3 is 2.78 bits per heavy atom. The van der Waals surface area contributed by atoms with Crippen LogP contribution in [0.15, 0.2) is 48.5 Å². The molecule has 0 spiro atoms. The van der Waals surface area contributed by atoms with Crippen LogP contribution >= 0.6 is 0 Å². The molecule has 0 saturated heterocycles. The van der Waals surface area contributed by atoms with Crippen LogP contribution in [0.3, 0.4) is 0 Å². The van der Waals surface area contributed by atoms with Crippen LogP contribution in [0, 0.1) is 6.92 Å². The maximum absolute atomic E-state index is 10.7. The third-order valence-electron chi connectivity index (χ3n) is 4.63. The summed E-state index contributed by atoms with van der Waals surface area (Å²) in [6.07, 6.45) is 0.617. The first-order valence-electron chi connectivity index (χ1n) is 8.23. The van der Waals surface area contributed by atoms with E-state index in [2.05, 4.69) is 57.8 Å². The number of hydrogen-bond donors (Lipinski definition) is 2. The van der Waals surface area contributed by atoms with Crippen LogP contribution in [0.4, 0.5) is 5.95 Å². The SMILES string of the molecule is Cc1ccc([C@H](O)Cn2c3[n+](c4ccccc42)CCCN3)cc1. The lowest BCUT2D eigenvalue weighted by atomic mass is 10.1. The zero-order valence-corrected chi connectivity index (χ0v) is 13.4. The Morgan fingerprint density at radius 2 is 1.96 bits per heavy atom. The number of fused-ring (bicyclic) bond motifs is 3. The number of imidazole rings is 1. The molecule has 2 aromatic carbocycles. The van der Waals surface area contributed by atoms with Crippen molar-refractivity contribution < 1.29 is 9.67 Å². The average Bonchev–Trinajstić information content (AvgIpc) is 2.90. The third-order valence-corrected chi connectivity index (χ3v) is 4.63. The van der Waals surface area contributed by atoms with Crippen molar-refractivity contribution in [3.63, 3.8) is 0 Å². The summed E-state index contributed by atoms with van der Waals surface area (Å²) in [7, 11) is 0. The van der Waals surface area contributed by atoms with Crippen molar-refractivity contribution in [1.82, 2.24) is 4.57 Å². The van der Waals surface area contributed by atoms with Gasteiger partial charge >= 0.3 is 5.95 Å². The molecule has 0 saturated carbocycles. The molecule has 4 nitrogen and oxygen atoms in total. The molecule has 0 fully saturated rings. The van der Waals surface area contributed by atoms with Gasteiger partial charge in [-0.3, -0.25) is 5.32 Å². The maximum atomic E-state index is 10.7. The van der Waals surface area contributed by atoms with Crippen LogP contribution in [0.5, 0.6) is 0 Å². The van der Waals surface area contributed by atoms with E-state index in [1.54, 1.807) is 0 Å². The number of anilines is 1. The molecule has 0 aliphatic carbocycles. The quantitative estimate of drug-likeness (QED) is 0.731. The highest BCUT2D eigenvalue weighted by atomic mass is 16.3. The minimum atomic E-state index is -0.514. The number of hydrogen-bond acceptors (Lipinski definition) is 2. The molecule has 1 aromatic heterocycles. The molecule has 0 bridgehead atoms. The molecule has 2 N–H and O–H groups in total. The van der Waals surface area contributed by atoms with Crippen LogP contribution in [0.1, 0.15) is 23.7 Å². The summed E-state index contributed by atoms with van der Waals surface area (Å²) in [6, 6.07) is 16.5. The predicted molar refractivity (Wildman–Crippen MR) is 91.4 cm³/mol. The van der Waals surface area contributed by atoms with E-state index in [0.717, 1.165) is 31.0 Å². The Labute approximate surface area is 136 Å². The van der Waals surface area contributed by atoms with Crippen LogP contribution in [-0.2, 0) is 13.1 Å². The van der Waals surface area contributed by atoms with Crippen LogP contribution in [-0.4, -0.2) is 16.2 Å². The van der Waals surface area contributed by atoms with E-state index in [9.17, 15) is 5.11 Å². The second-order valence-electron chi connectivity index (χ2n) is 6.28. The number of aliphatic hydroxyl groups is 1. The summed E-state index contributed by atoms with van der Waals surface area (Å²) in [4.78, 5) is 0. The largest absolute Gasteiger partial charge is 0.385 e. The number of aliphatic hydroxyl groups excluding tert-OH is 1. The van der Waals surface area contributed by atoms with Crippen molar-refractivity contribution in [2.45, 2.75) is 32.5 Å². The fourth-order valence-electron chi connectivity index (χ4n) is 3.40. The van der Waals surface area contributed by atoms with E-state index in [0.29, 0.717) is 6.54 Å². The summed E-state index contributed by atoms with van der Waals surface area (Å²) < 4.78 is 4.53. The minimum absolute atomic E-state index is 0.514. The highest BCUT2D eigenvalue weighted by Gasteiger charge is 2.27. The Bertz CT molecular complexity index is 836. The number of aryl methyl sites for hydroxylation is 2. The van der Waals surface area contributed by atoms with E-state index in [4.69, 9.17) is 0 Å². The van der Waals surface area contributed by atoms with Gasteiger partial charge in [0.05, 0.1) is 13.1 Å². The standard InChI is InChI=1S/C19H21N3O/c1-14-7-9-15(10-8-14)18(23)13-22-17-6-3-2-5-16(17)21-12-4-11-20-19(21)22/h2-3,5-10,18,23H,4,11-13H2,1H3/p+1/t18-/m1/s1. The summed E-state index contributed by atoms with van der Waals surface area (Å²) >= 11 is 0. The van der Waals surface area contributed by atoms with Gasteiger partial charge in [-0.2, -0.15) is 0 Å². The highest BCUT2D eigenvalue weighted by Crippen LogP contribution is 2.24. The van der Waals surface area contributed by atoms with Crippen LogP contribution < -0.4 is 9.88 Å². The van der Waals surface area contributed by atoms with E-state index in [1.165, 1.54) is 16.6 Å². The summed E-state index contributed by atoms with van der Waals surface area (Å²) in [5, 5.41) is 14.2. The third kappa shape index (κ3) is 2.49. The van der Waals surface area contributed by atoms with Gasteiger partial charge in [-0.05, 0) is 24.6 Å². The van der Waals surface area contributed by atoms with Crippen molar-refractivity contribution in [3.05, 3.63) is 59.7 Å². The first kappa shape index (κ1) is 14.3. The second kappa shape index (κ2) is 5.70. The van der Waals surface area contributed by atoms with Crippen molar-refractivity contribution in [1.29, 1.82) is 0 Å². The van der Waals surface area contributed by atoms with Gasteiger partial charge in [0, 0.05) is 6.42 Å². The number of benzene rings is 2. The molecule has 118 valence electrons. The van der Waals surface area contributed by atoms with Crippen LogP contribution in [0.25, 0.3) is 11.0 Å². The molecule has 1 aliphatic heterocycles. The number of nitrogens with one attached hydrogen (secondary N) is 1. The predicted octanol–water partition coefficient (Wildman–Crippen LogP) is 2.79. The molecule has 0 radical (unpaired) electrons.